The van der Waals surface area contributed by atoms with Crippen LogP contribution in [0.2, 0.25) is 0 Å². The van der Waals surface area contributed by atoms with Crippen molar-refractivity contribution >= 4 is 5.97 Å². The quantitative estimate of drug-likeness (QED) is 0.703. The lowest BCUT2D eigenvalue weighted by Gasteiger charge is -2.32. The van der Waals surface area contributed by atoms with E-state index in [0.29, 0.717) is 6.61 Å². The van der Waals surface area contributed by atoms with Crippen molar-refractivity contribution in [2.24, 2.45) is 5.92 Å². The molecule has 0 aromatic rings. The molecule has 16 heavy (non-hydrogen) atoms. The average molecular weight is 230 g/mol. The number of aliphatic hydroxyl groups is 1. The van der Waals surface area contributed by atoms with Gasteiger partial charge in [-0.3, -0.25) is 4.79 Å². The summed E-state index contributed by atoms with van der Waals surface area (Å²) < 4.78 is 9.93. The second-order valence-corrected chi connectivity index (χ2v) is 4.50. The number of methoxy groups -OCH3 is 1. The Morgan fingerprint density at radius 1 is 1.44 bits per heavy atom. The van der Waals surface area contributed by atoms with Gasteiger partial charge < -0.3 is 14.6 Å². The van der Waals surface area contributed by atoms with Gasteiger partial charge in [0.15, 0.2) is 0 Å². The first-order chi connectivity index (χ1) is 7.62. The van der Waals surface area contributed by atoms with Crippen LogP contribution >= 0.6 is 0 Å². The Bertz CT molecular complexity index is 223. The third-order valence-corrected chi connectivity index (χ3v) is 3.27. The summed E-state index contributed by atoms with van der Waals surface area (Å²) in [6, 6.07) is 0. The van der Waals surface area contributed by atoms with E-state index in [1.54, 1.807) is 14.0 Å². The second-order valence-electron chi connectivity index (χ2n) is 4.50. The van der Waals surface area contributed by atoms with Gasteiger partial charge in [-0.15, -0.1) is 0 Å². The van der Waals surface area contributed by atoms with E-state index in [0.717, 1.165) is 25.7 Å². The summed E-state index contributed by atoms with van der Waals surface area (Å²) in [7, 11) is 1.55. The molecule has 0 aromatic carbocycles. The highest BCUT2D eigenvalue weighted by Crippen LogP contribution is 2.36. The molecule has 0 bridgehead atoms. The van der Waals surface area contributed by atoms with Crippen molar-refractivity contribution in [3.05, 3.63) is 0 Å². The molecule has 0 aliphatic heterocycles. The molecule has 1 unspecified atom stereocenters. The maximum absolute atomic E-state index is 11.5. The highest BCUT2D eigenvalue weighted by atomic mass is 16.5. The van der Waals surface area contributed by atoms with E-state index in [2.05, 4.69) is 0 Å². The summed E-state index contributed by atoms with van der Waals surface area (Å²) in [5.74, 6) is -0.175. The van der Waals surface area contributed by atoms with E-state index < -0.39 is 5.60 Å². The molecule has 4 heteroatoms. The lowest BCUT2D eigenvalue weighted by atomic mass is 9.84. The first-order valence-electron chi connectivity index (χ1n) is 5.99. The van der Waals surface area contributed by atoms with E-state index in [9.17, 15) is 9.90 Å². The lowest BCUT2D eigenvalue weighted by molar-refractivity contribution is -0.155. The fourth-order valence-corrected chi connectivity index (χ4v) is 2.49. The van der Waals surface area contributed by atoms with Gasteiger partial charge in [-0.1, -0.05) is 12.8 Å². The van der Waals surface area contributed by atoms with Gasteiger partial charge >= 0.3 is 5.97 Å². The molecular weight excluding hydrogens is 208 g/mol. The van der Waals surface area contributed by atoms with E-state index in [1.807, 2.05) is 0 Å². The fourth-order valence-electron chi connectivity index (χ4n) is 2.49. The van der Waals surface area contributed by atoms with Crippen LogP contribution in [0.15, 0.2) is 0 Å². The van der Waals surface area contributed by atoms with E-state index in [1.165, 1.54) is 0 Å². The van der Waals surface area contributed by atoms with Gasteiger partial charge in [-0.05, 0) is 25.7 Å². The Balaban J connectivity index is 2.59. The van der Waals surface area contributed by atoms with Crippen LogP contribution in [0.3, 0.4) is 0 Å². The Hall–Kier alpha value is -0.610. The monoisotopic (exact) mass is 230 g/mol. The Morgan fingerprint density at radius 2 is 2.06 bits per heavy atom. The van der Waals surface area contributed by atoms with Crippen molar-refractivity contribution in [2.45, 2.75) is 44.6 Å². The van der Waals surface area contributed by atoms with Crippen molar-refractivity contribution in [3.8, 4) is 0 Å². The Morgan fingerprint density at radius 3 is 2.56 bits per heavy atom. The van der Waals surface area contributed by atoms with Crippen molar-refractivity contribution in [1.82, 2.24) is 0 Å². The third-order valence-electron chi connectivity index (χ3n) is 3.27. The number of hydrogen-bond donors (Lipinski definition) is 1. The molecule has 1 aliphatic rings. The number of carbonyl (C=O) groups excluding carboxylic acids is 1. The van der Waals surface area contributed by atoms with Crippen molar-refractivity contribution in [3.63, 3.8) is 0 Å². The molecule has 0 saturated heterocycles. The Labute approximate surface area is 96.9 Å². The van der Waals surface area contributed by atoms with Gasteiger partial charge in [-0.25, -0.2) is 0 Å². The maximum atomic E-state index is 11.5. The number of ether oxygens (including phenoxy) is 2. The maximum Gasteiger partial charge on any atom is 0.308 e. The molecule has 4 nitrogen and oxygen atoms in total. The van der Waals surface area contributed by atoms with Crippen molar-refractivity contribution in [1.29, 1.82) is 0 Å². The SMILES string of the molecule is CCOC(=O)CC(O)(COC)C1CCCC1. The molecular formula is C12H22O4. The topological polar surface area (TPSA) is 55.8 Å². The van der Waals surface area contributed by atoms with Gasteiger partial charge in [0, 0.05) is 7.11 Å². The predicted molar refractivity (Wildman–Crippen MR) is 60.0 cm³/mol. The molecule has 94 valence electrons. The van der Waals surface area contributed by atoms with Crippen LogP contribution in [0, 0.1) is 5.92 Å². The Kier molecular flexibility index (Phi) is 5.22. The minimum absolute atomic E-state index is 0.0410. The number of hydrogen-bond acceptors (Lipinski definition) is 4. The summed E-state index contributed by atoms with van der Waals surface area (Å²) in [5.41, 5.74) is -1.04. The smallest absolute Gasteiger partial charge is 0.308 e. The molecule has 0 aromatic heterocycles. The first-order valence-corrected chi connectivity index (χ1v) is 5.99. The predicted octanol–water partition coefficient (Wildman–Crippen LogP) is 1.51. The zero-order chi connectivity index (χ0) is 12.0. The molecule has 1 rings (SSSR count). The molecule has 0 heterocycles. The molecule has 1 aliphatic carbocycles. The first kappa shape index (κ1) is 13.5. The highest BCUT2D eigenvalue weighted by molar-refractivity contribution is 5.70. The van der Waals surface area contributed by atoms with Crippen LogP contribution in [-0.2, 0) is 14.3 Å². The fraction of sp³-hybridized carbons (Fsp3) is 0.917. The summed E-state index contributed by atoms with van der Waals surface area (Å²) in [6.07, 6.45) is 4.23. The summed E-state index contributed by atoms with van der Waals surface area (Å²) in [6.45, 7) is 2.33. The zero-order valence-corrected chi connectivity index (χ0v) is 10.2. The van der Waals surface area contributed by atoms with Crippen LogP contribution in [0.25, 0.3) is 0 Å². The molecule has 1 N–H and O–H groups in total. The van der Waals surface area contributed by atoms with Crippen LogP contribution in [0.5, 0.6) is 0 Å². The van der Waals surface area contributed by atoms with Crippen LogP contribution in [0.4, 0.5) is 0 Å². The van der Waals surface area contributed by atoms with Gasteiger partial charge in [0.05, 0.1) is 19.6 Å². The molecule has 1 fully saturated rings. The number of rotatable bonds is 6. The van der Waals surface area contributed by atoms with E-state index in [-0.39, 0.29) is 24.9 Å². The number of esters is 1. The molecule has 0 spiro atoms. The summed E-state index contributed by atoms with van der Waals surface area (Å²) in [4.78, 5) is 11.5. The van der Waals surface area contributed by atoms with Crippen molar-refractivity contribution in [2.75, 3.05) is 20.3 Å². The minimum Gasteiger partial charge on any atom is -0.466 e. The third kappa shape index (κ3) is 3.46. The lowest BCUT2D eigenvalue weighted by Crippen LogP contribution is -2.43. The summed E-state index contributed by atoms with van der Waals surface area (Å²) >= 11 is 0. The standard InChI is InChI=1S/C12H22O4/c1-3-16-11(13)8-12(14,9-15-2)10-6-4-5-7-10/h10,14H,3-9H2,1-2H3. The van der Waals surface area contributed by atoms with E-state index >= 15 is 0 Å². The van der Waals surface area contributed by atoms with Crippen LogP contribution < -0.4 is 0 Å². The molecule has 0 radical (unpaired) electrons. The van der Waals surface area contributed by atoms with Gasteiger partial charge in [-0.2, -0.15) is 0 Å². The van der Waals surface area contributed by atoms with Crippen molar-refractivity contribution < 1.29 is 19.4 Å². The van der Waals surface area contributed by atoms with Gasteiger partial charge in [0.2, 0.25) is 0 Å². The molecule has 1 saturated carbocycles. The summed E-state index contributed by atoms with van der Waals surface area (Å²) in [5, 5.41) is 10.5. The number of carbonyl (C=O) groups is 1. The zero-order valence-electron chi connectivity index (χ0n) is 10.2. The highest BCUT2D eigenvalue weighted by Gasteiger charge is 2.40. The normalized spacial score (nSPS) is 20.7. The van der Waals surface area contributed by atoms with E-state index in [4.69, 9.17) is 9.47 Å². The molecule has 0 amide bonds. The largest absolute Gasteiger partial charge is 0.466 e. The van der Waals surface area contributed by atoms with Gasteiger partial charge in [0.25, 0.3) is 0 Å². The second kappa shape index (κ2) is 6.21. The average Bonchev–Trinajstić information content (AvgIpc) is 2.71. The van der Waals surface area contributed by atoms with Crippen LogP contribution in [0.1, 0.15) is 39.0 Å². The van der Waals surface area contributed by atoms with Gasteiger partial charge in [0.1, 0.15) is 5.60 Å². The van der Waals surface area contributed by atoms with Crippen LogP contribution in [-0.4, -0.2) is 37.0 Å². The minimum atomic E-state index is -1.04. The molecule has 1 atom stereocenters.